The molecule has 1 unspecified atom stereocenters. The van der Waals surface area contributed by atoms with Gasteiger partial charge in [-0.1, -0.05) is 61.8 Å². The summed E-state index contributed by atoms with van der Waals surface area (Å²) in [7, 11) is 0. The summed E-state index contributed by atoms with van der Waals surface area (Å²) in [5.41, 5.74) is 7.80. The van der Waals surface area contributed by atoms with Crippen molar-refractivity contribution in [2.45, 2.75) is 68.7 Å². The molecule has 0 bridgehead atoms. The van der Waals surface area contributed by atoms with Gasteiger partial charge in [0, 0.05) is 30.6 Å². The van der Waals surface area contributed by atoms with Gasteiger partial charge in [0.2, 0.25) is 5.91 Å². The van der Waals surface area contributed by atoms with Gasteiger partial charge in [0.05, 0.1) is 5.41 Å². The summed E-state index contributed by atoms with van der Waals surface area (Å²) < 4.78 is 27.0. The van der Waals surface area contributed by atoms with Crippen LogP contribution >= 0.6 is 0 Å². The average molecular weight is 520 g/mol. The molecule has 2 N–H and O–H groups in total. The van der Waals surface area contributed by atoms with Crippen LogP contribution in [0.3, 0.4) is 0 Å². The lowest BCUT2D eigenvalue weighted by Crippen LogP contribution is -2.57. The molecular weight excluding hydrogens is 484 g/mol. The maximum Gasteiger partial charge on any atom is 0.253 e. The van der Waals surface area contributed by atoms with Crippen LogP contribution in [0.25, 0.3) is 0 Å². The quantitative estimate of drug-likeness (QED) is 0.499. The van der Waals surface area contributed by atoms with E-state index in [2.05, 4.69) is 10.9 Å². The van der Waals surface area contributed by atoms with Gasteiger partial charge in [0.15, 0.2) is 0 Å². The summed E-state index contributed by atoms with van der Waals surface area (Å²) in [6.07, 6.45) is 13.0. The molecule has 2 aliphatic carbocycles. The topological polar surface area (TPSA) is 61.4 Å². The molecule has 7 heteroatoms. The minimum absolute atomic E-state index is 0.0488. The zero-order valence-electron chi connectivity index (χ0n) is 21.6. The number of piperidine rings is 1. The third kappa shape index (κ3) is 5.73. The van der Waals surface area contributed by atoms with Crippen molar-refractivity contribution in [1.82, 2.24) is 15.8 Å². The van der Waals surface area contributed by atoms with Crippen LogP contribution in [-0.2, 0) is 15.0 Å². The predicted octanol–water partition coefficient (Wildman–Crippen LogP) is 5.45. The van der Waals surface area contributed by atoms with Crippen molar-refractivity contribution in [3.63, 3.8) is 0 Å². The van der Waals surface area contributed by atoms with E-state index in [1.54, 1.807) is 29.2 Å². The van der Waals surface area contributed by atoms with Crippen LogP contribution in [-0.4, -0.2) is 35.8 Å². The Kier molecular flexibility index (Phi) is 8.03. The van der Waals surface area contributed by atoms with Crippen LogP contribution in [0.15, 0.2) is 72.3 Å². The summed E-state index contributed by atoms with van der Waals surface area (Å²) >= 11 is 0. The molecule has 0 aromatic heterocycles. The molecule has 2 amide bonds. The number of carbonyl (C=O) groups is 2. The highest BCUT2D eigenvalue weighted by Crippen LogP contribution is 2.37. The molecule has 1 saturated carbocycles. The van der Waals surface area contributed by atoms with Crippen molar-refractivity contribution < 1.29 is 18.4 Å². The Balaban J connectivity index is 1.25. The lowest BCUT2D eigenvalue weighted by Gasteiger charge is -2.41. The number of allylic oxidation sites excluding steroid dienone is 2. The zero-order valence-corrected chi connectivity index (χ0v) is 21.6. The minimum Gasteiger partial charge on any atom is -0.339 e. The number of halogens is 2. The number of benzene rings is 2. The first-order valence-corrected chi connectivity index (χ1v) is 13.7. The monoisotopic (exact) mass is 519 g/mol. The molecule has 1 atom stereocenters. The summed E-state index contributed by atoms with van der Waals surface area (Å²) in [6.45, 7) is 0.860. The van der Waals surface area contributed by atoms with E-state index in [0.29, 0.717) is 37.9 Å². The lowest BCUT2D eigenvalue weighted by molar-refractivity contribution is -0.135. The Morgan fingerprint density at radius 2 is 1.50 bits per heavy atom. The van der Waals surface area contributed by atoms with Gasteiger partial charge in [0.1, 0.15) is 11.6 Å². The van der Waals surface area contributed by atoms with E-state index < -0.39 is 5.41 Å². The molecule has 3 aliphatic rings. The van der Waals surface area contributed by atoms with Gasteiger partial charge in [0.25, 0.3) is 5.91 Å². The summed E-state index contributed by atoms with van der Waals surface area (Å²) in [5, 5.41) is 0. The highest BCUT2D eigenvalue weighted by atomic mass is 19.1. The van der Waals surface area contributed by atoms with Crippen molar-refractivity contribution in [1.29, 1.82) is 0 Å². The molecule has 2 aromatic carbocycles. The Morgan fingerprint density at radius 3 is 2.11 bits per heavy atom. The first kappa shape index (κ1) is 26.3. The fourth-order valence-electron chi connectivity index (χ4n) is 5.96. The maximum absolute atomic E-state index is 13.7. The predicted molar refractivity (Wildman–Crippen MR) is 143 cm³/mol. The number of likely N-dealkylation sites (tertiary alicyclic amines) is 1. The van der Waals surface area contributed by atoms with Crippen LogP contribution in [0.2, 0.25) is 0 Å². The second kappa shape index (κ2) is 11.6. The normalized spacial score (nSPS) is 21.6. The van der Waals surface area contributed by atoms with E-state index in [1.165, 1.54) is 30.7 Å². The number of nitrogens with one attached hydrogen (secondary N) is 2. The minimum atomic E-state index is -0.837. The molecule has 5 rings (SSSR count). The smallest absolute Gasteiger partial charge is 0.253 e. The van der Waals surface area contributed by atoms with Crippen molar-refractivity contribution in [2.24, 2.45) is 0 Å². The SMILES string of the molecule is O=C(C1=CCC(c2ccc(F)cc2)C=C1)N1CCC(C(=O)NNC2CCCCC2)(c2ccc(F)cc2)CC1. The highest BCUT2D eigenvalue weighted by molar-refractivity contribution is 5.97. The molecule has 2 fully saturated rings. The highest BCUT2D eigenvalue weighted by Gasteiger charge is 2.44. The van der Waals surface area contributed by atoms with Crippen molar-refractivity contribution in [3.8, 4) is 0 Å². The number of nitrogens with zero attached hydrogens (tertiary/aromatic N) is 1. The Labute approximate surface area is 223 Å². The number of rotatable bonds is 6. The van der Waals surface area contributed by atoms with E-state index >= 15 is 0 Å². The van der Waals surface area contributed by atoms with Gasteiger partial charge >= 0.3 is 0 Å². The third-order valence-electron chi connectivity index (χ3n) is 8.38. The lowest BCUT2D eigenvalue weighted by atomic mass is 9.72. The second-order valence-electron chi connectivity index (χ2n) is 10.7. The molecule has 1 heterocycles. The van der Waals surface area contributed by atoms with E-state index in [4.69, 9.17) is 0 Å². The van der Waals surface area contributed by atoms with Gasteiger partial charge in [-0.2, -0.15) is 0 Å². The Bertz CT molecular complexity index is 1190. The standard InChI is InChI=1S/C31H35F2N3O2/c32-26-14-10-23(11-15-26)22-6-8-24(9-7-22)29(37)36-20-18-31(19-21-36,25-12-16-27(33)17-13-25)30(38)35-34-28-4-2-1-3-5-28/h6,8-17,22,28,34H,1-5,7,18-21H2,(H,35,38). The van der Waals surface area contributed by atoms with Crippen molar-refractivity contribution >= 4 is 11.8 Å². The maximum atomic E-state index is 13.7. The molecule has 5 nitrogen and oxygen atoms in total. The van der Waals surface area contributed by atoms with E-state index in [0.717, 1.165) is 36.8 Å². The van der Waals surface area contributed by atoms with Crippen LogP contribution in [0.1, 0.15) is 68.4 Å². The van der Waals surface area contributed by atoms with Gasteiger partial charge in [-0.25, -0.2) is 14.2 Å². The molecule has 1 saturated heterocycles. The zero-order chi connectivity index (χ0) is 26.5. The average Bonchev–Trinajstić information content (AvgIpc) is 2.97. The first-order chi connectivity index (χ1) is 18.4. The van der Waals surface area contributed by atoms with E-state index in [-0.39, 0.29) is 35.4 Å². The summed E-state index contributed by atoms with van der Waals surface area (Å²) in [5.74, 6) is -0.666. The molecule has 1 aliphatic heterocycles. The number of carbonyl (C=O) groups excluding carboxylic acids is 2. The summed E-state index contributed by atoms with van der Waals surface area (Å²) in [4.78, 5) is 28.7. The molecule has 0 radical (unpaired) electrons. The van der Waals surface area contributed by atoms with Crippen LogP contribution in [0.4, 0.5) is 8.78 Å². The molecule has 2 aromatic rings. The van der Waals surface area contributed by atoms with Gasteiger partial charge in [-0.05, 0) is 67.5 Å². The number of amides is 2. The van der Waals surface area contributed by atoms with Crippen molar-refractivity contribution in [2.75, 3.05) is 13.1 Å². The number of hydrogen-bond donors (Lipinski definition) is 2. The fraction of sp³-hybridized carbons (Fsp3) is 0.419. The van der Waals surface area contributed by atoms with Gasteiger partial charge < -0.3 is 4.90 Å². The van der Waals surface area contributed by atoms with E-state index in [9.17, 15) is 18.4 Å². The third-order valence-corrected chi connectivity index (χ3v) is 8.38. The van der Waals surface area contributed by atoms with Gasteiger partial charge in [-0.15, -0.1) is 0 Å². The Hall–Kier alpha value is -3.32. The fourth-order valence-corrected chi connectivity index (χ4v) is 5.96. The first-order valence-electron chi connectivity index (χ1n) is 13.7. The van der Waals surface area contributed by atoms with Crippen LogP contribution in [0, 0.1) is 11.6 Å². The van der Waals surface area contributed by atoms with E-state index in [1.807, 2.05) is 18.2 Å². The van der Waals surface area contributed by atoms with Crippen LogP contribution in [0.5, 0.6) is 0 Å². The molecule has 0 spiro atoms. The van der Waals surface area contributed by atoms with Crippen molar-refractivity contribution in [3.05, 3.63) is 95.1 Å². The van der Waals surface area contributed by atoms with Crippen LogP contribution < -0.4 is 10.9 Å². The molecule has 38 heavy (non-hydrogen) atoms. The second-order valence-corrected chi connectivity index (χ2v) is 10.7. The van der Waals surface area contributed by atoms with Gasteiger partial charge in [-0.3, -0.25) is 15.0 Å². The number of hydrogen-bond acceptors (Lipinski definition) is 3. The largest absolute Gasteiger partial charge is 0.339 e. The molecule has 200 valence electrons. The summed E-state index contributed by atoms with van der Waals surface area (Å²) in [6, 6.07) is 12.9. The number of hydrazine groups is 1. The Morgan fingerprint density at radius 1 is 0.868 bits per heavy atom. The molecular formula is C31H35F2N3O2.